The van der Waals surface area contributed by atoms with E-state index in [4.69, 9.17) is 0 Å². The second-order valence-electron chi connectivity index (χ2n) is 4.98. The minimum Gasteiger partial charge on any atom is -0.367 e. The lowest BCUT2D eigenvalue weighted by Gasteiger charge is -2.28. The van der Waals surface area contributed by atoms with Gasteiger partial charge in [-0.3, -0.25) is 0 Å². The topological polar surface area (TPSA) is 37.8 Å². The van der Waals surface area contributed by atoms with Crippen LogP contribution >= 0.6 is 0 Å². The van der Waals surface area contributed by atoms with Gasteiger partial charge in [0.15, 0.2) is 0 Å². The van der Waals surface area contributed by atoms with Crippen molar-refractivity contribution < 1.29 is 0 Å². The van der Waals surface area contributed by atoms with Crippen molar-refractivity contribution in [2.24, 2.45) is 5.41 Å². The van der Waals surface area contributed by atoms with Crippen LogP contribution in [0.2, 0.25) is 0 Å². The van der Waals surface area contributed by atoms with Crippen LogP contribution in [-0.2, 0) is 6.42 Å². The summed E-state index contributed by atoms with van der Waals surface area (Å²) in [5.74, 6) is 0.921. The molecule has 0 aliphatic carbocycles. The Morgan fingerprint density at radius 2 is 2.00 bits per heavy atom. The molecule has 0 bridgehead atoms. The smallest absolute Gasteiger partial charge is 0.129 e. The number of hydrogen-bond acceptors (Lipinski definition) is 3. The molecule has 0 aliphatic rings. The minimum atomic E-state index is 0.233. The molecule has 0 amide bonds. The van der Waals surface area contributed by atoms with Crippen molar-refractivity contribution in [3.8, 4) is 0 Å². The fourth-order valence-corrected chi connectivity index (χ4v) is 1.11. The first-order chi connectivity index (χ1) is 6.93. The molecule has 3 heteroatoms. The standard InChI is InChI=1S/C12H21N3/c1-6-10-7-11(14-8-13-10)15-9(2)12(3,4)5/h7-9H,6H2,1-5H3,(H,13,14,15). The van der Waals surface area contributed by atoms with Crippen LogP contribution in [0.1, 0.15) is 40.3 Å². The summed E-state index contributed by atoms with van der Waals surface area (Å²) in [5, 5.41) is 3.41. The Balaban J connectivity index is 2.72. The van der Waals surface area contributed by atoms with E-state index in [9.17, 15) is 0 Å². The van der Waals surface area contributed by atoms with Crippen molar-refractivity contribution >= 4 is 5.82 Å². The summed E-state index contributed by atoms with van der Waals surface area (Å²) in [6.07, 6.45) is 2.57. The summed E-state index contributed by atoms with van der Waals surface area (Å²) in [6.45, 7) is 10.9. The van der Waals surface area contributed by atoms with Crippen LogP contribution in [0.15, 0.2) is 12.4 Å². The highest BCUT2D eigenvalue weighted by Gasteiger charge is 2.19. The van der Waals surface area contributed by atoms with Gasteiger partial charge in [-0.05, 0) is 18.8 Å². The molecule has 15 heavy (non-hydrogen) atoms. The third-order valence-electron chi connectivity index (χ3n) is 2.75. The second-order valence-corrected chi connectivity index (χ2v) is 4.98. The molecule has 1 rings (SSSR count). The fraction of sp³-hybridized carbons (Fsp3) is 0.667. The number of anilines is 1. The fourth-order valence-electron chi connectivity index (χ4n) is 1.11. The molecule has 3 nitrogen and oxygen atoms in total. The summed E-state index contributed by atoms with van der Waals surface area (Å²) in [7, 11) is 0. The van der Waals surface area contributed by atoms with Gasteiger partial charge in [0.1, 0.15) is 12.1 Å². The number of rotatable bonds is 3. The number of nitrogens with zero attached hydrogens (tertiary/aromatic N) is 2. The Kier molecular flexibility index (Phi) is 3.66. The molecule has 0 fully saturated rings. The van der Waals surface area contributed by atoms with E-state index >= 15 is 0 Å². The molecule has 1 unspecified atom stereocenters. The molecule has 1 aromatic heterocycles. The molecule has 0 aliphatic heterocycles. The highest BCUT2D eigenvalue weighted by molar-refractivity contribution is 5.36. The van der Waals surface area contributed by atoms with Crippen molar-refractivity contribution in [3.05, 3.63) is 18.1 Å². The predicted molar refractivity (Wildman–Crippen MR) is 63.9 cm³/mol. The van der Waals surface area contributed by atoms with Crippen LogP contribution in [0.5, 0.6) is 0 Å². The maximum atomic E-state index is 4.22. The molecular formula is C12H21N3. The first-order valence-corrected chi connectivity index (χ1v) is 5.51. The van der Waals surface area contributed by atoms with Gasteiger partial charge in [0.25, 0.3) is 0 Å². The van der Waals surface area contributed by atoms with Crippen LogP contribution < -0.4 is 5.32 Å². The Hall–Kier alpha value is -1.12. The van der Waals surface area contributed by atoms with E-state index in [1.165, 1.54) is 0 Å². The Morgan fingerprint density at radius 3 is 2.53 bits per heavy atom. The quantitative estimate of drug-likeness (QED) is 0.828. The van der Waals surface area contributed by atoms with Crippen LogP contribution in [0.4, 0.5) is 5.82 Å². The van der Waals surface area contributed by atoms with Gasteiger partial charge in [-0.15, -0.1) is 0 Å². The van der Waals surface area contributed by atoms with Crippen molar-refractivity contribution in [2.75, 3.05) is 5.32 Å². The molecule has 1 atom stereocenters. The SMILES string of the molecule is CCc1cc(NC(C)C(C)(C)C)ncn1. The number of aryl methyl sites for hydroxylation is 1. The minimum absolute atomic E-state index is 0.233. The average molecular weight is 207 g/mol. The monoisotopic (exact) mass is 207 g/mol. The van der Waals surface area contributed by atoms with Crippen molar-refractivity contribution in [1.82, 2.24) is 9.97 Å². The molecule has 1 N–H and O–H groups in total. The van der Waals surface area contributed by atoms with Crippen molar-refractivity contribution in [3.63, 3.8) is 0 Å². The highest BCUT2D eigenvalue weighted by atomic mass is 15.0. The van der Waals surface area contributed by atoms with Gasteiger partial charge in [-0.25, -0.2) is 9.97 Å². The maximum Gasteiger partial charge on any atom is 0.129 e. The normalized spacial score (nSPS) is 13.7. The molecule has 0 saturated heterocycles. The van der Waals surface area contributed by atoms with E-state index in [1.54, 1.807) is 6.33 Å². The van der Waals surface area contributed by atoms with Crippen LogP contribution in [0.3, 0.4) is 0 Å². The zero-order chi connectivity index (χ0) is 11.5. The lowest BCUT2D eigenvalue weighted by molar-refractivity contribution is 0.358. The van der Waals surface area contributed by atoms with E-state index < -0.39 is 0 Å². The molecular weight excluding hydrogens is 186 g/mol. The predicted octanol–water partition coefficient (Wildman–Crippen LogP) is 2.89. The van der Waals surface area contributed by atoms with Gasteiger partial charge in [0.2, 0.25) is 0 Å². The summed E-state index contributed by atoms with van der Waals surface area (Å²) in [5.41, 5.74) is 1.31. The van der Waals surface area contributed by atoms with E-state index in [-0.39, 0.29) is 5.41 Å². The Labute approximate surface area is 92.3 Å². The number of aromatic nitrogens is 2. The lowest BCUT2D eigenvalue weighted by atomic mass is 9.88. The number of nitrogens with one attached hydrogen (secondary N) is 1. The van der Waals surface area contributed by atoms with Gasteiger partial charge < -0.3 is 5.32 Å². The first-order valence-electron chi connectivity index (χ1n) is 5.51. The zero-order valence-corrected chi connectivity index (χ0v) is 10.3. The van der Waals surface area contributed by atoms with Gasteiger partial charge >= 0.3 is 0 Å². The Morgan fingerprint density at radius 1 is 1.33 bits per heavy atom. The van der Waals surface area contributed by atoms with E-state index in [0.717, 1.165) is 17.9 Å². The van der Waals surface area contributed by atoms with Crippen LogP contribution in [-0.4, -0.2) is 16.0 Å². The van der Waals surface area contributed by atoms with E-state index in [2.05, 4.69) is 49.9 Å². The van der Waals surface area contributed by atoms with Gasteiger partial charge in [-0.2, -0.15) is 0 Å². The molecule has 1 heterocycles. The third kappa shape index (κ3) is 3.50. The molecule has 0 aromatic carbocycles. The van der Waals surface area contributed by atoms with Crippen LogP contribution in [0.25, 0.3) is 0 Å². The lowest BCUT2D eigenvalue weighted by Crippen LogP contribution is -2.31. The van der Waals surface area contributed by atoms with E-state index in [1.807, 2.05) is 6.07 Å². The molecule has 84 valence electrons. The zero-order valence-electron chi connectivity index (χ0n) is 10.3. The van der Waals surface area contributed by atoms with Gasteiger partial charge in [0, 0.05) is 17.8 Å². The van der Waals surface area contributed by atoms with Crippen molar-refractivity contribution in [2.45, 2.75) is 47.1 Å². The summed E-state index contributed by atoms with van der Waals surface area (Å²) in [4.78, 5) is 8.39. The maximum absolute atomic E-state index is 4.22. The molecule has 0 saturated carbocycles. The number of hydrogen-bond donors (Lipinski definition) is 1. The second kappa shape index (κ2) is 4.60. The largest absolute Gasteiger partial charge is 0.367 e. The van der Waals surface area contributed by atoms with Gasteiger partial charge in [-0.1, -0.05) is 27.7 Å². The summed E-state index contributed by atoms with van der Waals surface area (Å²) in [6, 6.07) is 2.40. The highest BCUT2D eigenvalue weighted by Crippen LogP contribution is 2.21. The van der Waals surface area contributed by atoms with Gasteiger partial charge in [0.05, 0.1) is 0 Å². The average Bonchev–Trinajstić information content (AvgIpc) is 2.16. The Bertz CT molecular complexity index is 315. The summed E-state index contributed by atoms with van der Waals surface area (Å²) < 4.78 is 0. The van der Waals surface area contributed by atoms with Crippen LogP contribution in [0, 0.1) is 5.41 Å². The molecule has 1 aromatic rings. The van der Waals surface area contributed by atoms with Crippen molar-refractivity contribution in [1.29, 1.82) is 0 Å². The summed E-state index contributed by atoms with van der Waals surface area (Å²) >= 11 is 0. The first kappa shape index (κ1) is 12.0. The molecule has 0 spiro atoms. The van der Waals surface area contributed by atoms with E-state index in [0.29, 0.717) is 6.04 Å². The third-order valence-corrected chi connectivity index (χ3v) is 2.75. The molecule has 0 radical (unpaired) electrons.